The highest BCUT2D eigenvalue weighted by Gasteiger charge is 2.13. The standard InChI is InChI=1S/C14H18FNO5/c1-20-7-8-21-6-2-5-16-13(17)11-4-3-10(14(18)19)9-12(11)15/h3-4,9H,2,5-8H2,1H3,(H,16,17)(H,18,19). The van der Waals surface area contributed by atoms with Gasteiger partial charge in [0, 0.05) is 20.3 Å². The number of methoxy groups -OCH3 is 1. The molecule has 0 unspecified atom stereocenters. The third-order valence-electron chi connectivity index (χ3n) is 2.64. The summed E-state index contributed by atoms with van der Waals surface area (Å²) in [5.74, 6) is -2.68. The van der Waals surface area contributed by atoms with Gasteiger partial charge in [0.15, 0.2) is 0 Å². The summed E-state index contributed by atoms with van der Waals surface area (Å²) in [7, 11) is 1.58. The predicted octanol–water partition coefficient (Wildman–Crippen LogP) is 1.31. The zero-order valence-corrected chi connectivity index (χ0v) is 11.7. The second-order valence-electron chi connectivity index (χ2n) is 4.21. The number of carbonyl (C=O) groups excluding carboxylic acids is 1. The van der Waals surface area contributed by atoms with Gasteiger partial charge in [0.1, 0.15) is 5.82 Å². The maximum Gasteiger partial charge on any atom is 0.335 e. The second-order valence-corrected chi connectivity index (χ2v) is 4.21. The molecule has 0 saturated carbocycles. The molecule has 0 radical (unpaired) electrons. The zero-order chi connectivity index (χ0) is 15.7. The van der Waals surface area contributed by atoms with E-state index in [-0.39, 0.29) is 11.1 Å². The lowest BCUT2D eigenvalue weighted by atomic mass is 10.1. The molecule has 7 heteroatoms. The third-order valence-corrected chi connectivity index (χ3v) is 2.64. The minimum Gasteiger partial charge on any atom is -0.478 e. The summed E-state index contributed by atoms with van der Waals surface area (Å²) in [4.78, 5) is 22.4. The van der Waals surface area contributed by atoms with Gasteiger partial charge in [0.2, 0.25) is 0 Å². The Kier molecular flexibility index (Phi) is 7.34. The number of carboxylic acids is 1. The fraction of sp³-hybridized carbons (Fsp3) is 0.429. The van der Waals surface area contributed by atoms with E-state index in [4.69, 9.17) is 14.6 Å². The Bertz CT molecular complexity index is 492. The lowest BCUT2D eigenvalue weighted by Gasteiger charge is -2.07. The maximum absolute atomic E-state index is 13.6. The van der Waals surface area contributed by atoms with Crippen LogP contribution in [0.25, 0.3) is 0 Å². The number of hydrogen-bond donors (Lipinski definition) is 2. The quantitative estimate of drug-likeness (QED) is 0.672. The number of benzene rings is 1. The molecule has 1 amide bonds. The van der Waals surface area contributed by atoms with E-state index in [9.17, 15) is 14.0 Å². The predicted molar refractivity (Wildman–Crippen MR) is 73.0 cm³/mol. The summed E-state index contributed by atoms with van der Waals surface area (Å²) >= 11 is 0. The highest BCUT2D eigenvalue weighted by atomic mass is 19.1. The molecule has 21 heavy (non-hydrogen) atoms. The topological polar surface area (TPSA) is 84.9 Å². The molecule has 1 rings (SSSR count). The van der Waals surface area contributed by atoms with Crippen LogP contribution in [-0.4, -0.2) is 50.5 Å². The number of rotatable bonds is 9. The Morgan fingerprint density at radius 2 is 2.05 bits per heavy atom. The molecule has 0 bridgehead atoms. The molecule has 0 aromatic heterocycles. The van der Waals surface area contributed by atoms with Gasteiger partial charge in [-0.15, -0.1) is 0 Å². The van der Waals surface area contributed by atoms with E-state index in [1.807, 2.05) is 0 Å². The van der Waals surface area contributed by atoms with Crippen LogP contribution in [0.3, 0.4) is 0 Å². The fourth-order valence-corrected chi connectivity index (χ4v) is 1.55. The molecular weight excluding hydrogens is 281 g/mol. The second kappa shape index (κ2) is 9.04. The summed E-state index contributed by atoms with van der Waals surface area (Å²) in [6.45, 7) is 1.79. The monoisotopic (exact) mass is 299 g/mol. The van der Waals surface area contributed by atoms with Gasteiger partial charge in [-0.25, -0.2) is 9.18 Å². The minimum absolute atomic E-state index is 0.180. The molecule has 1 aromatic rings. The van der Waals surface area contributed by atoms with Gasteiger partial charge in [0.25, 0.3) is 5.91 Å². The van der Waals surface area contributed by atoms with Crippen LogP contribution in [-0.2, 0) is 9.47 Å². The van der Waals surface area contributed by atoms with Gasteiger partial charge in [-0.1, -0.05) is 0 Å². The van der Waals surface area contributed by atoms with Crippen molar-refractivity contribution >= 4 is 11.9 Å². The van der Waals surface area contributed by atoms with Crippen LogP contribution >= 0.6 is 0 Å². The lowest BCUT2D eigenvalue weighted by Crippen LogP contribution is -2.26. The van der Waals surface area contributed by atoms with Crippen LogP contribution in [0.5, 0.6) is 0 Å². The Morgan fingerprint density at radius 1 is 1.29 bits per heavy atom. The highest BCUT2D eigenvalue weighted by molar-refractivity contribution is 5.96. The number of hydrogen-bond acceptors (Lipinski definition) is 4. The number of ether oxygens (including phenoxy) is 2. The highest BCUT2D eigenvalue weighted by Crippen LogP contribution is 2.10. The van der Waals surface area contributed by atoms with Crippen molar-refractivity contribution in [1.82, 2.24) is 5.32 Å². The van der Waals surface area contributed by atoms with Crippen molar-refractivity contribution in [2.24, 2.45) is 0 Å². The SMILES string of the molecule is COCCOCCCNC(=O)c1ccc(C(=O)O)cc1F. The van der Waals surface area contributed by atoms with Crippen molar-refractivity contribution < 1.29 is 28.6 Å². The molecule has 0 fully saturated rings. The number of carboxylic acid groups (broad SMARTS) is 1. The first-order valence-electron chi connectivity index (χ1n) is 6.44. The molecular formula is C14H18FNO5. The molecule has 0 aliphatic carbocycles. The molecule has 1 aromatic carbocycles. The molecule has 0 saturated heterocycles. The van der Waals surface area contributed by atoms with Crippen LogP contribution in [0, 0.1) is 5.82 Å². The summed E-state index contributed by atoms with van der Waals surface area (Å²) < 4.78 is 23.6. The summed E-state index contributed by atoms with van der Waals surface area (Å²) in [5, 5.41) is 11.3. The van der Waals surface area contributed by atoms with Crippen molar-refractivity contribution in [2.75, 3.05) is 33.5 Å². The number of halogens is 1. The minimum atomic E-state index is -1.24. The van der Waals surface area contributed by atoms with Gasteiger partial charge >= 0.3 is 5.97 Å². The molecule has 0 atom stereocenters. The van der Waals surface area contributed by atoms with E-state index in [1.54, 1.807) is 7.11 Å². The van der Waals surface area contributed by atoms with E-state index in [1.165, 1.54) is 6.07 Å². The average Bonchev–Trinajstić information content (AvgIpc) is 2.45. The van der Waals surface area contributed by atoms with Crippen LogP contribution in [0.2, 0.25) is 0 Å². The van der Waals surface area contributed by atoms with Gasteiger partial charge in [0.05, 0.1) is 24.3 Å². The maximum atomic E-state index is 13.6. The van der Waals surface area contributed by atoms with Crippen molar-refractivity contribution in [3.63, 3.8) is 0 Å². The number of aromatic carboxylic acids is 1. The smallest absolute Gasteiger partial charge is 0.335 e. The van der Waals surface area contributed by atoms with Crippen LogP contribution in [0.4, 0.5) is 4.39 Å². The van der Waals surface area contributed by atoms with Crippen molar-refractivity contribution in [2.45, 2.75) is 6.42 Å². The third kappa shape index (κ3) is 5.88. The van der Waals surface area contributed by atoms with E-state index >= 15 is 0 Å². The van der Waals surface area contributed by atoms with E-state index < -0.39 is 17.7 Å². The average molecular weight is 299 g/mol. The summed E-state index contributed by atoms with van der Waals surface area (Å²) in [6.07, 6.45) is 0.588. The zero-order valence-electron chi connectivity index (χ0n) is 11.7. The Morgan fingerprint density at radius 3 is 2.67 bits per heavy atom. The van der Waals surface area contributed by atoms with Gasteiger partial charge in [-0.3, -0.25) is 4.79 Å². The van der Waals surface area contributed by atoms with Crippen LogP contribution < -0.4 is 5.32 Å². The Balaban J connectivity index is 2.37. The fourth-order valence-electron chi connectivity index (χ4n) is 1.55. The molecule has 0 aliphatic heterocycles. The van der Waals surface area contributed by atoms with E-state index in [0.717, 1.165) is 12.1 Å². The van der Waals surface area contributed by atoms with Crippen molar-refractivity contribution in [1.29, 1.82) is 0 Å². The molecule has 0 spiro atoms. The van der Waals surface area contributed by atoms with E-state index in [2.05, 4.69) is 5.32 Å². The molecule has 2 N–H and O–H groups in total. The first kappa shape index (κ1) is 17.1. The Labute approximate surface area is 121 Å². The van der Waals surface area contributed by atoms with E-state index in [0.29, 0.717) is 32.8 Å². The first-order chi connectivity index (χ1) is 10.1. The van der Waals surface area contributed by atoms with Crippen LogP contribution in [0.1, 0.15) is 27.1 Å². The normalized spacial score (nSPS) is 10.4. The largest absolute Gasteiger partial charge is 0.478 e. The first-order valence-corrected chi connectivity index (χ1v) is 6.44. The number of nitrogens with one attached hydrogen (secondary N) is 1. The summed E-state index contributed by atoms with van der Waals surface area (Å²) in [6, 6.07) is 3.17. The molecule has 116 valence electrons. The Hall–Kier alpha value is -1.99. The van der Waals surface area contributed by atoms with Gasteiger partial charge in [-0.05, 0) is 24.6 Å². The molecule has 0 heterocycles. The number of amides is 1. The molecule has 0 aliphatic rings. The number of carbonyl (C=O) groups is 2. The van der Waals surface area contributed by atoms with Crippen molar-refractivity contribution in [3.05, 3.63) is 35.1 Å². The van der Waals surface area contributed by atoms with Crippen LogP contribution in [0.15, 0.2) is 18.2 Å². The summed E-state index contributed by atoms with van der Waals surface area (Å²) in [5.41, 5.74) is -0.379. The van der Waals surface area contributed by atoms with Gasteiger partial charge in [-0.2, -0.15) is 0 Å². The lowest BCUT2D eigenvalue weighted by molar-refractivity contribution is 0.0686. The molecule has 6 nitrogen and oxygen atoms in total. The van der Waals surface area contributed by atoms with Crippen molar-refractivity contribution in [3.8, 4) is 0 Å². The van der Waals surface area contributed by atoms with Gasteiger partial charge < -0.3 is 19.9 Å².